The first-order valence-corrected chi connectivity index (χ1v) is 4.23. The third-order valence-electron chi connectivity index (χ3n) is 1.53. The van der Waals surface area contributed by atoms with Crippen molar-refractivity contribution in [3.8, 4) is 0 Å². The largest absolute Gasteiger partial charge is 0.478 e. The minimum atomic E-state index is -1.18. The summed E-state index contributed by atoms with van der Waals surface area (Å²) in [5.74, 6) is -1.85. The third-order valence-corrected chi connectivity index (χ3v) is 1.53. The highest BCUT2D eigenvalue weighted by atomic mass is 16.5. The van der Waals surface area contributed by atoms with Gasteiger partial charge in [0.1, 0.15) is 0 Å². The smallest absolute Gasteiger partial charge is 0.331 e. The Morgan fingerprint density at radius 2 is 2.33 bits per heavy atom. The van der Waals surface area contributed by atoms with Gasteiger partial charge in [-0.25, -0.2) is 14.6 Å². The molecule has 0 amide bonds. The lowest BCUT2D eigenvalue weighted by Crippen LogP contribution is -2.05. The van der Waals surface area contributed by atoms with Crippen molar-refractivity contribution in [2.45, 2.75) is 6.42 Å². The van der Waals surface area contributed by atoms with Gasteiger partial charge in [0.25, 0.3) is 0 Å². The normalized spacial score (nSPS) is 10.4. The number of hydrogen-bond donors (Lipinski definition) is 2. The zero-order valence-corrected chi connectivity index (χ0v) is 7.84. The van der Waals surface area contributed by atoms with Crippen LogP contribution in [0.1, 0.15) is 5.69 Å². The molecule has 0 spiro atoms. The number of rotatable bonds is 5. The summed E-state index contributed by atoms with van der Waals surface area (Å²) in [5.41, 5.74) is 0.852. The predicted octanol–water partition coefficient (Wildman–Crippen LogP) is 0.136. The van der Waals surface area contributed by atoms with Crippen LogP contribution < -0.4 is 0 Å². The van der Waals surface area contributed by atoms with E-state index in [1.165, 1.54) is 6.33 Å². The Kier molecular flexibility index (Phi) is 4.08. The van der Waals surface area contributed by atoms with Gasteiger partial charge in [0, 0.05) is 30.5 Å². The molecule has 6 nitrogen and oxygen atoms in total. The molecule has 0 saturated carbocycles. The highest BCUT2D eigenvalue weighted by Gasteiger charge is 1.99. The van der Waals surface area contributed by atoms with Crippen LogP contribution in [0.4, 0.5) is 0 Å². The summed E-state index contributed by atoms with van der Waals surface area (Å²) < 4.78 is 4.73. The number of nitrogens with zero attached hydrogens (tertiary/aromatic N) is 1. The second-order valence-corrected chi connectivity index (χ2v) is 2.67. The predicted molar refractivity (Wildman–Crippen MR) is 50.0 cm³/mol. The van der Waals surface area contributed by atoms with Gasteiger partial charge in [-0.15, -0.1) is 0 Å². The zero-order valence-electron chi connectivity index (χ0n) is 7.84. The Hall–Kier alpha value is -2.11. The number of carbonyl (C=O) groups excluding carboxylic acids is 1. The van der Waals surface area contributed by atoms with Crippen molar-refractivity contribution in [3.05, 3.63) is 30.4 Å². The van der Waals surface area contributed by atoms with E-state index in [1.54, 1.807) is 6.20 Å². The van der Waals surface area contributed by atoms with Crippen LogP contribution in [0, 0.1) is 0 Å². The van der Waals surface area contributed by atoms with Gasteiger partial charge in [-0.05, 0) is 0 Å². The number of ether oxygens (including phenoxy) is 1. The Labute approximate surface area is 85.6 Å². The average Bonchev–Trinajstić information content (AvgIpc) is 2.67. The summed E-state index contributed by atoms with van der Waals surface area (Å²) in [6.07, 6.45) is 5.28. The Bertz CT molecular complexity index is 356. The maximum Gasteiger partial charge on any atom is 0.331 e. The number of aromatic nitrogens is 2. The first-order chi connectivity index (χ1) is 7.18. The van der Waals surface area contributed by atoms with Gasteiger partial charge in [-0.3, -0.25) is 0 Å². The van der Waals surface area contributed by atoms with E-state index in [9.17, 15) is 9.59 Å². The molecular weight excluding hydrogens is 200 g/mol. The number of carbonyl (C=O) groups is 2. The van der Waals surface area contributed by atoms with E-state index >= 15 is 0 Å². The maximum atomic E-state index is 10.9. The van der Waals surface area contributed by atoms with Crippen LogP contribution >= 0.6 is 0 Å². The molecule has 0 aromatic carbocycles. The van der Waals surface area contributed by atoms with Gasteiger partial charge in [0.15, 0.2) is 0 Å². The summed E-state index contributed by atoms with van der Waals surface area (Å²) in [7, 11) is 0. The molecule has 0 aliphatic heterocycles. The summed E-state index contributed by atoms with van der Waals surface area (Å²) in [6, 6.07) is 0. The van der Waals surface area contributed by atoms with Crippen molar-refractivity contribution >= 4 is 11.9 Å². The second kappa shape index (κ2) is 5.58. The molecule has 1 aromatic rings. The molecule has 1 aromatic heterocycles. The van der Waals surface area contributed by atoms with E-state index < -0.39 is 11.9 Å². The molecule has 0 unspecified atom stereocenters. The van der Waals surface area contributed by atoms with Crippen molar-refractivity contribution in [2.24, 2.45) is 0 Å². The summed E-state index contributed by atoms with van der Waals surface area (Å²) in [4.78, 5) is 27.6. The molecule has 0 fully saturated rings. The molecule has 0 saturated heterocycles. The molecule has 0 aliphatic rings. The van der Waals surface area contributed by atoms with Gasteiger partial charge < -0.3 is 14.8 Å². The van der Waals surface area contributed by atoms with Crippen molar-refractivity contribution in [1.82, 2.24) is 9.97 Å². The van der Waals surface area contributed by atoms with Crippen LogP contribution in [0.3, 0.4) is 0 Å². The number of nitrogens with one attached hydrogen (secondary N) is 1. The number of aliphatic carboxylic acids is 1. The van der Waals surface area contributed by atoms with Crippen LogP contribution in [0.2, 0.25) is 0 Å². The van der Waals surface area contributed by atoms with Crippen molar-refractivity contribution < 1.29 is 19.4 Å². The van der Waals surface area contributed by atoms with Gasteiger partial charge in [0.2, 0.25) is 0 Å². The maximum absolute atomic E-state index is 10.9. The molecule has 0 radical (unpaired) electrons. The number of imidazole rings is 1. The Morgan fingerprint density at radius 1 is 1.53 bits per heavy atom. The highest BCUT2D eigenvalue weighted by Crippen LogP contribution is 1.93. The molecule has 80 valence electrons. The van der Waals surface area contributed by atoms with Gasteiger partial charge >= 0.3 is 11.9 Å². The van der Waals surface area contributed by atoms with Crippen LogP contribution in [0.25, 0.3) is 0 Å². The topological polar surface area (TPSA) is 92.3 Å². The molecule has 6 heteroatoms. The highest BCUT2D eigenvalue weighted by molar-refractivity contribution is 5.90. The fraction of sp³-hybridized carbons (Fsp3) is 0.222. The number of hydrogen-bond acceptors (Lipinski definition) is 4. The molecule has 0 aliphatic carbocycles. The fourth-order valence-corrected chi connectivity index (χ4v) is 0.870. The monoisotopic (exact) mass is 210 g/mol. The molecule has 1 rings (SSSR count). The van der Waals surface area contributed by atoms with Crippen molar-refractivity contribution in [3.63, 3.8) is 0 Å². The lowest BCUT2D eigenvalue weighted by atomic mass is 10.3. The third kappa shape index (κ3) is 4.61. The zero-order chi connectivity index (χ0) is 11.1. The van der Waals surface area contributed by atoms with Crippen molar-refractivity contribution in [2.75, 3.05) is 6.61 Å². The van der Waals surface area contributed by atoms with Gasteiger partial charge in [0.05, 0.1) is 12.9 Å². The Morgan fingerprint density at radius 3 is 2.93 bits per heavy atom. The first-order valence-electron chi connectivity index (χ1n) is 4.23. The standard InChI is InChI=1S/C9H10N2O4/c12-8(13)1-2-9(14)15-4-3-7-5-10-6-11-7/h1-2,5-6H,3-4H2,(H,10,11)(H,12,13). The number of H-pyrrole nitrogens is 1. The molecule has 1 heterocycles. The number of esters is 1. The minimum Gasteiger partial charge on any atom is -0.478 e. The van der Waals surface area contributed by atoms with E-state index in [0.717, 1.165) is 17.8 Å². The minimum absolute atomic E-state index is 0.186. The lowest BCUT2D eigenvalue weighted by Gasteiger charge is -1.99. The number of carboxylic acid groups (broad SMARTS) is 1. The quantitative estimate of drug-likeness (QED) is 0.532. The summed E-state index contributed by atoms with van der Waals surface area (Å²) in [6.45, 7) is 0.186. The van der Waals surface area contributed by atoms with Crippen molar-refractivity contribution in [1.29, 1.82) is 0 Å². The van der Waals surface area contributed by atoms with E-state index in [4.69, 9.17) is 9.84 Å². The van der Waals surface area contributed by atoms with E-state index in [0.29, 0.717) is 6.42 Å². The van der Waals surface area contributed by atoms with E-state index in [-0.39, 0.29) is 6.61 Å². The summed E-state index contributed by atoms with van der Waals surface area (Å²) >= 11 is 0. The average molecular weight is 210 g/mol. The van der Waals surface area contributed by atoms with E-state index in [1.807, 2.05) is 0 Å². The van der Waals surface area contributed by atoms with Crippen LogP contribution in [0.15, 0.2) is 24.7 Å². The fourth-order valence-electron chi connectivity index (χ4n) is 0.870. The van der Waals surface area contributed by atoms with Crippen LogP contribution in [0.5, 0.6) is 0 Å². The van der Waals surface area contributed by atoms with E-state index in [2.05, 4.69) is 9.97 Å². The molecule has 0 atom stereocenters. The number of carboxylic acids is 1. The molecular formula is C9H10N2O4. The number of aromatic amines is 1. The SMILES string of the molecule is O=C(O)C=CC(=O)OCCc1cnc[nH]1. The van der Waals surface area contributed by atoms with Crippen LogP contribution in [-0.2, 0) is 20.7 Å². The Balaban J connectivity index is 2.20. The van der Waals surface area contributed by atoms with Gasteiger partial charge in [-0.1, -0.05) is 0 Å². The first kappa shape index (κ1) is 11.0. The van der Waals surface area contributed by atoms with Crippen LogP contribution in [-0.4, -0.2) is 33.6 Å². The lowest BCUT2D eigenvalue weighted by molar-refractivity contribution is -0.138. The molecule has 0 bridgehead atoms. The molecule has 15 heavy (non-hydrogen) atoms. The molecule has 2 N–H and O–H groups in total. The summed E-state index contributed by atoms with van der Waals surface area (Å²) in [5, 5.41) is 8.23. The van der Waals surface area contributed by atoms with Gasteiger partial charge in [-0.2, -0.15) is 0 Å². The second-order valence-electron chi connectivity index (χ2n) is 2.67.